The lowest BCUT2D eigenvalue weighted by Gasteiger charge is -2.70. The lowest BCUT2D eigenvalue weighted by molar-refractivity contribution is -1.58. The van der Waals surface area contributed by atoms with Crippen LogP contribution in [0, 0.1) is 0 Å². The number of rotatable bonds is 6. The number of aliphatic hydroxyl groups is 3. The molecule has 266 valence electrons. The molecule has 3 aliphatic rings. The molecule has 0 unspecified atom stereocenters. The van der Waals surface area contributed by atoms with E-state index >= 15 is 0 Å². The van der Waals surface area contributed by atoms with E-state index in [1.54, 1.807) is 5.23 Å². The van der Waals surface area contributed by atoms with Crippen LogP contribution >= 0.6 is 0 Å². The van der Waals surface area contributed by atoms with Gasteiger partial charge in [0.2, 0.25) is 0 Å². The normalized spacial score (nSPS) is 38.8. The number of hydrogen-bond acceptors (Lipinski definition) is 10. The summed E-state index contributed by atoms with van der Waals surface area (Å²) in [5, 5.41) is 35.8. The SMILES string of the molecule is CC(=O)O[N+]1(N([N+]2(OC(C)=O)C(C)(C)CC(O)CC2(C)C)[N+]2(OC(C)=O)C(C)(C)CC(O)CC2(C)C)C(C)(C)CC(O)CC1(C)C. The molecular weight excluding hydrogens is 596 g/mol. The van der Waals surface area contributed by atoms with E-state index in [9.17, 15) is 29.7 Å². The first-order valence-electron chi connectivity index (χ1n) is 16.6. The highest BCUT2D eigenvalue weighted by Crippen LogP contribution is 2.62. The fourth-order valence-electron chi connectivity index (χ4n) is 10.3. The Labute approximate surface area is 275 Å². The van der Waals surface area contributed by atoms with Gasteiger partial charge in [0.25, 0.3) is 0 Å². The monoisotopic (exact) mass is 659 g/mol. The second-order valence-electron chi connectivity index (χ2n) is 17.8. The maximum atomic E-state index is 13.6. The molecule has 13 heteroatoms. The van der Waals surface area contributed by atoms with Gasteiger partial charge >= 0.3 is 23.1 Å². The summed E-state index contributed by atoms with van der Waals surface area (Å²) in [5.41, 5.74) is -6.79. The third-order valence-electron chi connectivity index (χ3n) is 10.9. The van der Waals surface area contributed by atoms with E-state index in [2.05, 4.69) is 0 Å². The fourth-order valence-corrected chi connectivity index (χ4v) is 10.3. The Hall–Kier alpha value is -1.87. The highest BCUT2D eigenvalue weighted by atomic mass is 16.9. The largest absolute Gasteiger partial charge is 0.393 e. The molecule has 0 aliphatic carbocycles. The van der Waals surface area contributed by atoms with Crippen LogP contribution in [0.2, 0.25) is 0 Å². The lowest BCUT2D eigenvalue weighted by Crippen LogP contribution is -3.01. The van der Waals surface area contributed by atoms with Gasteiger partial charge in [0.1, 0.15) is 0 Å². The maximum Gasteiger partial charge on any atom is 0.366 e. The first-order chi connectivity index (χ1) is 20.4. The number of nitrogens with zero attached hydrogens (tertiary/aromatic N) is 4. The molecule has 0 radical (unpaired) electrons. The van der Waals surface area contributed by atoms with Crippen molar-refractivity contribution in [2.45, 2.75) is 194 Å². The van der Waals surface area contributed by atoms with E-state index in [1.165, 1.54) is 20.8 Å². The smallest absolute Gasteiger partial charge is 0.366 e. The molecule has 0 aromatic carbocycles. The van der Waals surface area contributed by atoms with Crippen molar-refractivity contribution in [3.63, 3.8) is 0 Å². The second-order valence-corrected chi connectivity index (χ2v) is 17.8. The van der Waals surface area contributed by atoms with Crippen molar-refractivity contribution < 1.29 is 58.5 Å². The standard InChI is InChI=1S/C33H63N4O9/c1-22(38)44-35(28(4,5)16-25(41)17-29(35,6)7)34(36(45-23(2)39)30(8,9)18-26(42)19-31(36,10)11)37(46-24(3)40)32(12,13)20-27(43)21-33(37,14)15/h25-27,41-43H,16-21H2,1-15H3/q+3. The molecule has 3 fully saturated rings. The maximum absolute atomic E-state index is 13.6. The van der Waals surface area contributed by atoms with Crippen LogP contribution in [0.15, 0.2) is 0 Å². The molecule has 0 atom stereocenters. The third kappa shape index (κ3) is 5.38. The minimum Gasteiger partial charge on any atom is -0.393 e. The summed E-state index contributed by atoms with van der Waals surface area (Å²) in [6, 6.07) is 0. The Morgan fingerprint density at radius 2 is 0.609 bits per heavy atom. The molecule has 13 nitrogen and oxygen atoms in total. The highest BCUT2D eigenvalue weighted by Gasteiger charge is 2.91. The van der Waals surface area contributed by atoms with Gasteiger partial charge in [-0.3, -0.25) is 0 Å². The Morgan fingerprint density at radius 3 is 0.739 bits per heavy atom. The summed E-state index contributed by atoms with van der Waals surface area (Å²) in [6.45, 7) is 26.6. The van der Waals surface area contributed by atoms with Gasteiger partial charge in [-0.2, -0.15) is 0 Å². The average Bonchev–Trinajstić information content (AvgIpc) is 2.75. The van der Waals surface area contributed by atoms with Crippen molar-refractivity contribution in [1.29, 1.82) is 0 Å². The van der Waals surface area contributed by atoms with Crippen LogP contribution in [0.1, 0.15) is 142 Å². The van der Waals surface area contributed by atoms with Crippen LogP contribution in [-0.4, -0.2) is 104 Å². The number of hydrogen-bond donors (Lipinski definition) is 3. The molecular formula is C33H63N4O9+3. The van der Waals surface area contributed by atoms with Gasteiger partial charge in [-0.05, 0) is 83.1 Å². The number of hydroxylamine groups is 6. The Bertz CT molecular complexity index is 1020. The van der Waals surface area contributed by atoms with E-state index in [-0.39, 0.29) is 38.5 Å². The molecule has 0 saturated carbocycles. The van der Waals surface area contributed by atoms with Crippen molar-refractivity contribution >= 4 is 17.9 Å². The van der Waals surface area contributed by atoms with Crippen molar-refractivity contribution in [2.24, 2.45) is 0 Å². The van der Waals surface area contributed by atoms with Crippen LogP contribution in [0.4, 0.5) is 0 Å². The molecule has 3 N–H and O–H groups in total. The van der Waals surface area contributed by atoms with Crippen molar-refractivity contribution in [3.8, 4) is 0 Å². The van der Waals surface area contributed by atoms with Gasteiger partial charge in [-0.1, -0.05) is 0 Å². The molecule has 0 bridgehead atoms. The van der Waals surface area contributed by atoms with Crippen LogP contribution in [-0.2, 0) is 28.9 Å². The van der Waals surface area contributed by atoms with E-state index in [0.717, 1.165) is 0 Å². The average molecular weight is 660 g/mol. The Balaban J connectivity index is 2.87. The first kappa shape index (κ1) is 38.6. The number of quaternary nitrogens is 3. The minimum absolute atomic E-state index is 0.174. The molecule has 3 heterocycles. The number of aliphatic hydroxyl groups excluding tert-OH is 3. The fraction of sp³-hybridized carbons (Fsp3) is 0.909. The zero-order valence-electron chi connectivity index (χ0n) is 31.1. The van der Waals surface area contributed by atoms with Crippen molar-refractivity contribution in [1.82, 2.24) is 5.23 Å². The predicted octanol–water partition coefficient (Wildman–Crippen LogP) is 4.05. The van der Waals surface area contributed by atoms with E-state index in [0.29, 0.717) is 0 Å². The van der Waals surface area contributed by atoms with Crippen LogP contribution in [0.3, 0.4) is 0 Å². The first-order valence-corrected chi connectivity index (χ1v) is 16.6. The Morgan fingerprint density at radius 1 is 0.457 bits per heavy atom. The van der Waals surface area contributed by atoms with Gasteiger partial charge in [-0.15, -0.1) is 0 Å². The Kier molecular flexibility index (Phi) is 9.52. The summed E-state index contributed by atoms with van der Waals surface area (Å²) >= 11 is 0. The van der Waals surface area contributed by atoms with Gasteiger partial charge in [0, 0.05) is 73.6 Å². The predicted molar refractivity (Wildman–Crippen MR) is 168 cm³/mol. The summed E-state index contributed by atoms with van der Waals surface area (Å²) in [4.78, 5) is 61.1. The zero-order chi connectivity index (χ0) is 35.9. The number of carbonyl (C=O) groups is 3. The molecule has 46 heavy (non-hydrogen) atoms. The van der Waals surface area contributed by atoms with Crippen LogP contribution < -0.4 is 0 Å². The van der Waals surface area contributed by atoms with Gasteiger partial charge in [0.05, 0.1) is 18.3 Å². The number of carbonyl (C=O) groups excluding carboxylic acids is 3. The molecule has 0 spiro atoms. The zero-order valence-corrected chi connectivity index (χ0v) is 31.1. The highest BCUT2D eigenvalue weighted by molar-refractivity contribution is 5.65. The molecule has 3 aliphatic heterocycles. The quantitative estimate of drug-likeness (QED) is 0.358. The topological polar surface area (TPSA) is 143 Å². The summed E-state index contributed by atoms with van der Waals surface area (Å²) in [6.07, 6.45) is -1.27. The molecule has 0 aromatic heterocycles. The summed E-state index contributed by atoms with van der Waals surface area (Å²) in [7, 11) is 0. The van der Waals surface area contributed by atoms with Crippen LogP contribution in [0.25, 0.3) is 0 Å². The van der Waals surface area contributed by atoms with Gasteiger partial charge < -0.3 is 15.3 Å². The van der Waals surface area contributed by atoms with E-state index < -0.39 is 83.7 Å². The lowest BCUT2D eigenvalue weighted by atomic mass is 9.76. The van der Waals surface area contributed by atoms with E-state index in [1.807, 2.05) is 83.1 Å². The third-order valence-corrected chi connectivity index (χ3v) is 10.9. The van der Waals surface area contributed by atoms with Crippen molar-refractivity contribution in [2.75, 3.05) is 0 Å². The molecule has 0 aromatic rings. The summed E-state index contributed by atoms with van der Waals surface area (Å²) in [5.74, 6) is -1.90. The summed E-state index contributed by atoms with van der Waals surface area (Å²) < 4.78 is -1.96. The number of piperidine rings is 3. The van der Waals surface area contributed by atoms with E-state index in [4.69, 9.17) is 14.5 Å². The molecule has 0 amide bonds. The van der Waals surface area contributed by atoms with Crippen molar-refractivity contribution in [3.05, 3.63) is 0 Å². The van der Waals surface area contributed by atoms with Crippen LogP contribution in [0.5, 0.6) is 0 Å². The van der Waals surface area contributed by atoms with Gasteiger partial charge in [0.15, 0.2) is 33.2 Å². The van der Waals surface area contributed by atoms with Gasteiger partial charge in [-0.25, -0.2) is 28.9 Å². The molecule has 3 saturated heterocycles. The molecule has 3 rings (SSSR count). The minimum atomic E-state index is -1.13. The second kappa shape index (κ2) is 11.3.